The van der Waals surface area contributed by atoms with E-state index in [4.69, 9.17) is 4.52 Å². The highest BCUT2D eigenvalue weighted by molar-refractivity contribution is 8.01. The zero-order valence-corrected chi connectivity index (χ0v) is 16.7. The van der Waals surface area contributed by atoms with Crippen molar-refractivity contribution < 1.29 is 14.1 Å². The van der Waals surface area contributed by atoms with Crippen molar-refractivity contribution >= 4 is 29.4 Å². The fraction of sp³-hybridized carbons (Fsp3) is 0.737. The van der Waals surface area contributed by atoms with Crippen molar-refractivity contribution in [3.8, 4) is 0 Å². The Morgan fingerprint density at radius 1 is 1.38 bits per heavy atom. The summed E-state index contributed by atoms with van der Waals surface area (Å²) in [4.78, 5) is 27.1. The number of hydrogen-bond donors (Lipinski definition) is 1. The van der Waals surface area contributed by atoms with Crippen LogP contribution in [-0.2, 0) is 9.59 Å². The molecule has 2 amide bonds. The number of nitrogens with zero attached hydrogens (tertiary/aromatic N) is 2. The van der Waals surface area contributed by atoms with Gasteiger partial charge in [-0.1, -0.05) is 24.9 Å². The Hall–Kier alpha value is -1.50. The van der Waals surface area contributed by atoms with Gasteiger partial charge in [-0.3, -0.25) is 9.59 Å². The van der Waals surface area contributed by atoms with Crippen LogP contribution >= 0.6 is 11.8 Å². The molecule has 1 N–H and O–H groups in total. The molecule has 0 aromatic carbocycles. The average molecular weight is 380 g/mol. The molecule has 6 nitrogen and oxygen atoms in total. The number of aryl methyl sites for hydroxylation is 1. The van der Waals surface area contributed by atoms with Crippen LogP contribution in [0, 0.1) is 18.8 Å². The van der Waals surface area contributed by atoms with Crippen LogP contribution in [0.3, 0.4) is 0 Å². The second-order valence-corrected chi connectivity index (χ2v) is 8.96. The maximum Gasteiger partial charge on any atom is 0.238 e. The minimum atomic E-state index is -0.318. The molecular formula is C19H29N3O3S. The number of likely N-dealkylation sites (tertiary alicyclic amines) is 1. The first-order valence-electron chi connectivity index (χ1n) is 9.61. The third-order valence-corrected chi connectivity index (χ3v) is 6.89. The smallest absolute Gasteiger partial charge is 0.238 e. The number of thioether (sulfide) groups is 1. The Balaban J connectivity index is 1.50. The molecule has 3 rings (SSSR count). The molecule has 0 radical (unpaired) electrons. The standard InChI is InChI=1S/C19H29N3O3S/c1-12-8-9-22(16-7-5-4-6-15(12)16)18(23)11-26-14(3)19(24)20-17-10-13(2)25-21-17/h10,12,14-16H,4-9,11H2,1-3H3,(H,20,21,24)/t12-,14-,15-,16+/m0/s1. The molecule has 1 aliphatic heterocycles. The molecule has 4 atom stereocenters. The summed E-state index contributed by atoms with van der Waals surface area (Å²) in [5, 5.41) is 6.18. The van der Waals surface area contributed by atoms with Crippen molar-refractivity contribution in [3.05, 3.63) is 11.8 Å². The lowest BCUT2D eigenvalue weighted by molar-refractivity contribution is -0.136. The highest BCUT2D eigenvalue weighted by Gasteiger charge is 2.39. The van der Waals surface area contributed by atoms with Crippen molar-refractivity contribution in [2.45, 2.75) is 64.2 Å². The summed E-state index contributed by atoms with van der Waals surface area (Å²) in [6, 6.07) is 2.08. The molecule has 1 aliphatic carbocycles. The van der Waals surface area contributed by atoms with Gasteiger partial charge in [0.25, 0.3) is 0 Å². The number of anilines is 1. The van der Waals surface area contributed by atoms with Crippen molar-refractivity contribution in [1.82, 2.24) is 10.1 Å². The maximum atomic E-state index is 12.8. The van der Waals surface area contributed by atoms with Gasteiger partial charge in [0.15, 0.2) is 5.82 Å². The Morgan fingerprint density at radius 3 is 2.88 bits per heavy atom. The van der Waals surface area contributed by atoms with Crippen LogP contribution in [-0.4, -0.2) is 45.5 Å². The molecule has 2 fully saturated rings. The molecule has 1 aromatic rings. The molecule has 144 valence electrons. The highest BCUT2D eigenvalue weighted by atomic mass is 32.2. The van der Waals surface area contributed by atoms with E-state index in [1.807, 2.05) is 6.92 Å². The number of carbonyl (C=O) groups is 2. The van der Waals surface area contributed by atoms with Crippen molar-refractivity contribution in [3.63, 3.8) is 0 Å². The number of hydrogen-bond acceptors (Lipinski definition) is 5. The number of aromatic nitrogens is 1. The number of nitrogens with one attached hydrogen (secondary N) is 1. The summed E-state index contributed by atoms with van der Waals surface area (Å²) in [7, 11) is 0. The summed E-state index contributed by atoms with van der Waals surface area (Å²) in [6.07, 6.45) is 5.99. The molecule has 1 aromatic heterocycles. The Bertz CT molecular complexity index is 648. The maximum absolute atomic E-state index is 12.8. The van der Waals surface area contributed by atoms with Crippen LogP contribution in [0.1, 0.15) is 51.7 Å². The molecule has 1 saturated heterocycles. The molecule has 26 heavy (non-hydrogen) atoms. The van der Waals surface area contributed by atoms with E-state index in [2.05, 4.69) is 22.3 Å². The monoisotopic (exact) mass is 379 g/mol. The summed E-state index contributed by atoms with van der Waals surface area (Å²) in [5.41, 5.74) is 0. The first-order valence-corrected chi connectivity index (χ1v) is 10.7. The normalized spacial score (nSPS) is 26.9. The van der Waals surface area contributed by atoms with E-state index in [1.165, 1.54) is 31.0 Å². The van der Waals surface area contributed by atoms with Gasteiger partial charge < -0.3 is 14.7 Å². The Labute approximate surface area is 159 Å². The second-order valence-electron chi connectivity index (χ2n) is 7.63. The van der Waals surface area contributed by atoms with Crippen molar-refractivity contribution in [2.75, 3.05) is 17.6 Å². The van der Waals surface area contributed by atoms with Gasteiger partial charge in [-0.25, -0.2) is 0 Å². The predicted molar refractivity (Wildman–Crippen MR) is 103 cm³/mol. The third-order valence-electron chi connectivity index (χ3n) is 5.76. The van der Waals surface area contributed by atoms with Gasteiger partial charge in [-0.15, -0.1) is 11.8 Å². The number of amides is 2. The van der Waals surface area contributed by atoms with Crippen LogP contribution in [0.5, 0.6) is 0 Å². The van der Waals surface area contributed by atoms with E-state index in [-0.39, 0.29) is 17.1 Å². The van der Waals surface area contributed by atoms with E-state index in [0.29, 0.717) is 35.2 Å². The lowest BCUT2D eigenvalue weighted by atomic mass is 9.72. The van der Waals surface area contributed by atoms with Crippen LogP contribution in [0.4, 0.5) is 5.82 Å². The molecule has 0 spiro atoms. The molecule has 2 heterocycles. The fourth-order valence-corrected chi connectivity index (χ4v) is 5.00. The first-order chi connectivity index (χ1) is 12.5. The number of fused-ring (bicyclic) bond motifs is 1. The topological polar surface area (TPSA) is 75.4 Å². The summed E-state index contributed by atoms with van der Waals surface area (Å²) in [6.45, 7) is 6.79. The summed E-state index contributed by atoms with van der Waals surface area (Å²) < 4.78 is 4.95. The van der Waals surface area contributed by atoms with Crippen LogP contribution in [0.25, 0.3) is 0 Å². The predicted octanol–water partition coefficient (Wildman–Crippen LogP) is 3.47. The highest BCUT2D eigenvalue weighted by Crippen LogP contribution is 2.39. The summed E-state index contributed by atoms with van der Waals surface area (Å²) in [5.74, 6) is 2.81. The van der Waals surface area contributed by atoms with E-state index in [9.17, 15) is 9.59 Å². The third kappa shape index (κ3) is 4.42. The Morgan fingerprint density at radius 2 is 2.15 bits per heavy atom. The lowest BCUT2D eigenvalue weighted by Gasteiger charge is -2.47. The van der Waals surface area contributed by atoms with Gasteiger partial charge in [0, 0.05) is 18.7 Å². The first kappa shape index (κ1) is 19.3. The molecule has 0 bridgehead atoms. The largest absolute Gasteiger partial charge is 0.360 e. The van der Waals surface area contributed by atoms with Gasteiger partial charge in [-0.2, -0.15) is 0 Å². The van der Waals surface area contributed by atoms with Crippen LogP contribution in [0.2, 0.25) is 0 Å². The van der Waals surface area contributed by atoms with E-state index in [1.54, 1.807) is 13.0 Å². The quantitative estimate of drug-likeness (QED) is 0.848. The van der Waals surface area contributed by atoms with E-state index < -0.39 is 0 Å². The van der Waals surface area contributed by atoms with Gasteiger partial charge in [0.1, 0.15) is 5.76 Å². The van der Waals surface area contributed by atoms with Crippen molar-refractivity contribution in [2.24, 2.45) is 11.8 Å². The number of piperidine rings is 1. The lowest BCUT2D eigenvalue weighted by Crippen LogP contribution is -2.53. The van der Waals surface area contributed by atoms with Gasteiger partial charge in [0.2, 0.25) is 11.8 Å². The minimum Gasteiger partial charge on any atom is -0.360 e. The van der Waals surface area contributed by atoms with Crippen LogP contribution < -0.4 is 5.32 Å². The second kappa shape index (κ2) is 8.46. The average Bonchev–Trinajstić information content (AvgIpc) is 3.04. The Kier molecular flexibility index (Phi) is 6.27. The van der Waals surface area contributed by atoms with E-state index >= 15 is 0 Å². The van der Waals surface area contributed by atoms with Gasteiger partial charge in [-0.05, 0) is 44.9 Å². The molecule has 2 aliphatic rings. The SMILES string of the molecule is Cc1cc(NC(=O)[C@H](C)SCC(=O)N2CC[C@H](C)[C@@H]3CCCC[C@H]32)no1. The van der Waals surface area contributed by atoms with Gasteiger partial charge in [0.05, 0.1) is 11.0 Å². The van der Waals surface area contributed by atoms with Crippen molar-refractivity contribution in [1.29, 1.82) is 0 Å². The molecule has 7 heteroatoms. The molecule has 1 saturated carbocycles. The van der Waals surface area contributed by atoms with E-state index in [0.717, 1.165) is 19.4 Å². The minimum absolute atomic E-state index is 0.154. The molecular weight excluding hydrogens is 350 g/mol. The summed E-state index contributed by atoms with van der Waals surface area (Å²) >= 11 is 1.39. The molecule has 0 unspecified atom stereocenters. The number of carbonyl (C=O) groups excluding carboxylic acids is 2. The van der Waals surface area contributed by atoms with Crippen LogP contribution in [0.15, 0.2) is 10.6 Å². The zero-order valence-electron chi connectivity index (χ0n) is 15.9. The zero-order chi connectivity index (χ0) is 18.7. The fourth-order valence-electron chi connectivity index (χ4n) is 4.23. The number of rotatable bonds is 5. The van der Waals surface area contributed by atoms with Gasteiger partial charge >= 0.3 is 0 Å².